The van der Waals surface area contributed by atoms with Crippen molar-refractivity contribution in [3.05, 3.63) is 66.2 Å². The van der Waals surface area contributed by atoms with Gasteiger partial charge in [-0.3, -0.25) is 0 Å². The lowest BCUT2D eigenvalue weighted by atomic mass is 10.1. The molecule has 3 heteroatoms. The summed E-state index contributed by atoms with van der Waals surface area (Å²) < 4.78 is 17.5. The average Bonchev–Trinajstić information content (AvgIpc) is 2.93. The zero-order valence-electron chi connectivity index (χ0n) is 12.3. The Bertz CT molecular complexity index is 789. The lowest BCUT2D eigenvalue weighted by Crippen LogP contribution is -2.20. The molecule has 3 nitrogen and oxygen atoms in total. The molecule has 0 radical (unpaired) electrons. The third kappa shape index (κ3) is 2.20. The van der Waals surface area contributed by atoms with Crippen molar-refractivity contribution in [1.29, 1.82) is 0 Å². The fraction of sp³-hybridized carbons (Fsp3) is 0.158. The number of fused-ring (bicyclic) bond motifs is 3. The zero-order chi connectivity index (χ0) is 14.9. The van der Waals surface area contributed by atoms with Gasteiger partial charge in [-0.05, 0) is 18.2 Å². The summed E-state index contributed by atoms with van der Waals surface area (Å²) in [6.07, 6.45) is 0.361. The van der Waals surface area contributed by atoms with Crippen LogP contribution in [0.1, 0.15) is 5.56 Å². The SMILES string of the molecule is COC1Cc2cc(-c3ccccc3)oc2-c2ccccc2O1. The van der Waals surface area contributed by atoms with Gasteiger partial charge in [0.2, 0.25) is 6.29 Å². The van der Waals surface area contributed by atoms with E-state index in [4.69, 9.17) is 13.9 Å². The largest absolute Gasteiger partial charge is 0.464 e. The zero-order valence-corrected chi connectivity index (χ0v) is 12.3. The number of hydrogen-bond acceptors (Lipinski definition) is 3. The molecule has 1 aliphatic heterocycles. The molecule has 0 saturated carbocycles. The minimum Gasteiger partial charge on any atom is -0.464 e. The molecular weight excluding hydrogens is 276 g/mol. The molecule has 0 N–H and O–H groups in total. The maximum atomic E-state index is 6.16. The van der Waals surface area contributed by atoms with Crippen LogP contribution in [0, 0.1) is 0 Å². The van der Waals surface area contributed by atoms with Crippen LogP contribution >= 0.6 is 0 Å². The first-order valence-electron chi connectivity index (χ1n) is 7.32. The highest BCUT2D eigenvalue weighted by atomic mass is 16.7. The van der Waals surface area contributed by atoms with Crippen molar-refractivity contribution in [3.8, 4) is 28.4 Å². The number of ether oxygens (including phenoxy) is 2. The normalized spacial score (nSPS) is 16.3. The van der Waals surface area contributed by atoms with Crippen LogP contribution in [0.2, 0.25) is 0 Å². The van der Waals surface area contributed by atoms with Gasteiger partial charge in [-0.25, -0.2) is 0 Å². The molecule has 22 heavy (non-hydrogen) atoms. The highest BCUT2D eigenvalue weighted by Crippen LogP contribution is 2.40. The summed E-state index contributed by atoms with van der Waals surface area (Å²) in [4.78, 5) is 0. The van der Waals surface area contributed by atoms with Crippen LogP contribution in [0.15, 0.2) is 65.1 Å². The van der Waals surface area contributed by atoms with Crippen LogP contribution in [0.4, 0.5) is 0 Å². The van der Waals surface area contributed by atoms with E-state index in [1.54, 1.807) is 7.11 Å². The number of benzene rings is 2. The van der Waals surface area contributed by atoms with Crippen molar-refractivity contribution >= 4 is 0 Å². The highest BCUT2D eigenvalue weighted by molar-refractivity contribution is 5.73. The molecule has 110 valence electrons. The Morgan fingerprint density at radius 2 is 1.77 bits per heavy atom. The molecular formula is C19H16O3. The van der Waals surface area contributed by atoms with Crippen LogP contribution in [-0.2, 0) is 11.2 Å². The Labute approximate surface area is 129 Å². The smallest absolute Gasteiger partial charge is 0.203 e. The van der Waals surface area contributed by atoms with Gasteiger partial charge < -0.3 is 13.9 Å². The van der Waals surface area contributed by atoms with Gasteiger partial charge in [0, 0.05) is 24.7 Å². The van der Waals surface area contributed by atoms with E-state index in [0.717, 1.165) is 34.0 Å². The molecule has 0 fully saturated rings. The van der Waals surface area contributed by atoms with Crippen molar-refractivity contribution in [2.45, 2.75) is 12.7 Å². The van der Waals surface area contributed by atoms with Crippen LogP contribution < -0.4 is 4.74 Å². The highest BCUT2D eigenvalue weighted by Gasteiger charge is 2.25. The van der Waals surface area contributed by atoms with Crippen LogP contribution in [-0.4, -0.2) is 13.4 Å². The third-order valence-corrected chi connectivity index (χ3v) is 3.91. The molecule has 1 aliphatic rings. The molecule has 0 spiro atoms. The second kappa shape index (κ2) is 5.35. The number of rotatable bonds is 2. The van der Waals surface area contributed by atoms with Gasteiger partial charge in [0.05, 0.1) is 5.56 Å². The Hall–Kier alpha value is -2.52. The second-order valence-corrected chi connectivity index (χ2v) is 5.31. The summed E-state index contributed by atoms with van der Waals surface area (Å²) in [5, 5.41) is 0. The fourth-order valence-electron chi connectivity index (χ4n) is 2.80. The topological polar surface area (TPSA) is 31.6 Å². The van der Waals surface area contributed by atoms with Crippen LogP contribution in [0.3, 0.4) is 0 Å². The quantitative estimate of drug-likeness (QED) is 0.696. The molecule has 0 bridgehead atoms. The summed E-state index contributed by atoms with van der Waals surface area (Å²) in [5.74, 6) is 2.54. The minimum atomic E-state index is -0.302. The summed E-state index contributed by atoms with van der Waals surface area (Å²) in [5.41, 5.74) is 3.15. The van der Waals surface area contributed by atoms with Gasteiger partial charge in [-0.1, -0.05) is 42.5 Å². The van der Waals surface area contributed by atoms with Gasteiger partial charge in [0.25, 0.3) is 0 Å². The fourth-order valence-corrected chi connectivity index (χ4v) is 2.80. The molecule has 4 rings (SSSR count). The van der Waals surface area contributed by atoms with E-state index in [9.17, 15) is 0 Å². The Balaban J connectivity index is 1.87. The second-order valence-electron chi connectivity index (χ2n) is 5.31. The summed E-state index contributed by atoms with van der Waals surface area (Å²) in [6.45, 7) is 0. The standard InChI is InChI=1S/C19H16O3/c1-20-18-12-14-11-17(13-7-3-2-4-8-13)22-19(14)15-9-5-6-10-16(15)21-18/h2-11,18H,12H2,1H3. The number of hydrogen-bond donors (Lipinski definition) is 0. The molecule has 1 aromatic heterocycles. The number of para-hydroxylation sites is 1. The maximum Gasteiger partial charge on any atom is 0.203 e. The Kier molecular flexibility index (Phi) is 3.20. The van der Waals surface area contributed by atoms with Gasteiger partial charge in [0.1, 0.15) is 17.3 Å². The van der Waals surface area contributed by atoms with E-state index in [0.29, 0.717) is 6.42 Å². The minimum absolute atomic E-state index is 0.302. The molecule has 0 saturated heterocycles. The molecule has 3 aromatic rings. The van der Waals surface area contributed by atoms with E-state index in [1.807, 2.05) is 54.6 Å². The van der Waals surface area contributed by atoms with Crippen molar-refractivity contribution in [2.24, 2.45) is 0 Å². The summed E-state index contributed by atoms with van der Waals surface area (Å²) >= 11 is 0. The first kappa shape index (κ1) is 13.2. The van der Waals surface area contributed by atoms with E-state index in [2.05, 4.69) is 6.07 Å². The first-order valence-corrected chi connectivity index (χ1v) is 7.32. The van der Waals surface area contributed by atoms with Crippen molar-refractivity contribution in [3.63, 3.8) is 0 Å². The average molecular weight is 292 g/mol. The lowest BCUT2D eigenvalue weighted by molar-refractivity contribution is -0.0505. The predicted molar refractivity (Wildman–Crippen MR) is 84.7 cm³/mol. The molecule has 2 heterocycles. The first-order chi connectivity index (χ1) is 10.8. The third-order valence-electron chi connectivity index (χ3n) is 3.91. The van der Waals surface area contributed by atoms with E-state index >= 15 is 0 Å². The van der Waals surface area contributed by atoms with Gasteiger partial charge in [0.15, 0.2) is 0 Å². The molecule has 1 atom stereocenters. The van der Waals surface area contributed by atoms with E-state index < -0.39 is 0 Å². The van der Waals surface area contributed by atoms with E-state index in [-0.39, 0.29) is 6.29 Å². The number of methoxy groups -OCH3 is 1. The lowest BCUT2D eigenvalue weighted by Gasteiger charge is -2.15. The molecule has 1 unspecified atom stereocenters. The summed E-state index contributed by atoms with van der Waals surface area (Å²) in [7, 11) is 1.66. The van der Waals surface area contributed by atoms with Crippen LogP contribution in [0.25, 0.3) is 22.6 Å². The van der Waals surface area contributed by atoms with Gasteiger partial charge in [-0.15, -0.1) is 0 Å². The van der Waals surface area contributed by atoms with Gasteiger partial charge >= 0.3 is 0 Å². The van der Waals surface area contributed by atoms with Crippen molar-refractivity contribution < 1.29 is 13.9 Å². The Morgan fingerprint density at radius 1 is 1.00 bits per heavy atom. The van der Waals surface area contributed by atoms with Crippen molar-refractivity contribution in [2.75, 3.05) is 7.11 Å². The monoisotopic (exact) mass is 292 g/mol. The van der Waals surface area contributed by atoms with E-state index in [1.165, 1.54) is 0 Å². The van der Waals surface area contributed by atoms with Crippen molar-refractivity contribution in [1.82, 2.24) is 0 Å². The van der Waals surface area contributed by atoms with Gasteiger partial charge in [-0.2, -0.15) is 0 Å². The summed E-state index contributed by atoms with van der Waals surface area (Å²) in [6, 6.07) is 20.1. The Morgan fingerprint density at radius 3 is 2.59 bits per heavy atom. The molecule has 2 aromatic carbocycles. The maximum absolute atomic E-state index is 6.16. The number of furan rings is 1. The predicted octanol–water partition coefficient (Wildman–Crippen LogP) is 4.52. The molecule has 0 aliphatic carbocycles. The molecule has 0 amide bonds. The van der Waals surface area contributed by atoms with Crippen LogP contribution in [0.5, 0.6) is 5.75 Å².